The van der Waals surface area contributed by atoms with Crippen LogP contribution in [0.4, 0.5) is 0 Å². The van der Waals surface area contributed by atoms with E-state index in [1.165, 1.54) is 32.5 Å². The summed E-state index contributed by atoms with van der Waals surface area (Å²) in [4.78, 5) is 4.97. The van der Waals surface area contributed by atoms with E-state index in [9.17, 15) is 0 Å². The highest BCUT2D eigenvalue weighted by molar-refractivity contribution is 6.04. The molecule has 2 N–H and O–H groups in total. The Morgan fingerprint density at radius 3 is 2.69 bits per heavy atom. The summed E-state index contributed by atoms with van der Waals surface area (Å²) in [5.74, 6) is 0.882. The maximum atomic E-state index is 5.66. The third kappa shape index (κ3) is 3.45. The lowest BCUT2D eigenvalue weighted by Gasteiger charge is -2.37. The molecule has 0 amide bonds. The van der Waals surface area contributed by atoms with E-state index in [-0.39, 0.29) is 6.10 Å². The number of nitrogens with zero attached hydrogens (tertiary/aromatic N) is 2. The second-order valence-corrected chi connectivity index (χ2v) is 5.23. The molecule has 0 spiro atoms. The van der Waals surface area contributed by atoms with E-state index in [0.29, 0.717) is 6.54 Å². The molecular formula is C11H24BN3O. The normalized spacial score (nSPS) is 30.7. The van der Waals surface area contributed by atoms with Crippen molar-refractivity contribution in [2.75, 3.05) is 45.9 Å². The van der Waals surface area contributed by atoms with Crippen LogP contribution in [0, 0.1) is 5.92 Å². The van der Waals surface area contributed by atoms with Gasteiger partial charge < -0.3 is 15.3 Å². The van der Waals surface area contributed by atoms with Crippen LogP contribution in [-0.2, 0) is 4.74 Å². The average molecular weight is 225 g/mol. The van der Waals surface area contributed by atoms with Gasteiger partial charge in [-0.3, -0.25) is 4.90 Å². The molecular weight excluding hydrogens is 201 g/mol. The SMILES string of the molecule is BN1CCC(CN2CCOC(CN)C2)CC1. The Labute approximate surface area is 99.5 Å². The lowest BCUT2D eigenvalue weighted by molar-refractivity contribution is -0.0296. The number of nitrogens with two attached hydrogens (primary N) is 1. The van der Waals surface area contributed by atoms with Gasteiger partial charge in [-0.25, -0.2) is 0 Å². The monoisotopic (exact) mass is 225 g/mol. The zero-order chi connectivity index (χ0) is 11.4. The number of morpholine rings is 1. The number of piperidine rings is 1. The van der Waals surface area contributed by atoms with E-state index in [4.69, 9.17) is 10.5 Å². The Balaban J connectivity index is 1.72. The fourth-order valence-electron chi connectivity index (χ4n) is 2.70. The van der Waals surface area contributed by atoms with Gasteiger partial charge in [-0.15, -0.1) is 0 Å². The molecule has 0 aromatic heterocycles. The summed E-state index contributed by atoms with van der Waals surface area (Å²) in [5, 5.41) is 0. The summed E-state index contributed by atoms with van der Waals surface area (Å²) in [6.07, 6.45) is 2.96. The first-order valence-electron chi connectivity index (χ1n) is 6.50. The molecule has 2 rings (SSSR count). The van der Waals surface area contributed by atoms with E-state index < -0.39 is 0 Å². The van der Waals surface area contributed by atoms with Crippen LogP contribution in [0.5, 0.6) is 0 Å². The van der Waals surface area contributed by atoms with Gasteiger partial charge in [-0.1, -0.05) is 0 Å². The summed E-state index contributed by atoms with van der Waals surface area (Å²) in [5.41, 5.74) is 5.66. The second kappa shape index (κ2) is 6.01. The Bertz CT molecular complexity index is 209. The van der Waals surface area contributed by atoms with Gasteiger partial charge >= 0.3 is 0 Å². The van der Waals surface area contributed by atoms with Crippen LogP contribution in [0.25, 0.3) is 0 Å². The van der Waals surface area contributed by atoms with Crippen molar-refractivity contribution in [3.05, 3.63) is 0 Å². The summed E-state index contributed by atoms with van der Waals surface area (Å²) < 4.78 is 5.59. The van der Waals surface area contributed by atoms with Crippen molar-refractivity contribution < 1.29 is 4.74 Å². The molecule has 0 aromatic carbocycles. The van der Waals surface area contributed by atoms with Gasteiger partial charge in [0.25, 0.3) is 0 Å². The fraction of sp³-hybridized carbons (Fsp3) is 1.00. The van der Waals surface area contributed by atoms with E-state index in [0.717, 1.165) is 25.6 Å². The zero-order valence-corrected chi connectivity index (χ0v) is 10.4. The minimum Gasteiger partial charge on any atom is -0.374 e. The first-order chi connectivity index (χ1) is 7.78. The van der Waals surface area contributed by atoms with Crippen molar-refractivity contribution in [3.8, 4) is 0 Å². The van der Waals surface area contributed by atoms with Gasteiger partial charge in [0, 0.05) is 26.2 Å². The maximum Gasteiger partial charge on any atom is 0.185 e. The van der Waals surface area contributed by atoms with Crippen LogP contribution in [0.15, 0.2) is 0 Å². The minimum absolute atomic E-state index is 0.264. The van der Waals surface area contributed by atoms with Gasteiger partial charge in [-0.05, 0) is 31.8 Å². The van der Waals surface area contributed by atoms with Crippen molar-refractivity contribution in [3.63, 3.8) is 0 Å². The molecule has 1 atom stereocenters. The number of hydrogen-bond donors (Lipinski definition) is 1. The molecule has 2 fully saturated rings. The molecule has 0 radical (unpaired) electrons. The van der Waals surface area contributed by atoms with Gasteiger partial charge in [0.1, 0.15) is 0 Å². The average Bonchev–Trinajstić information content (AvgIpc) is 2.32. The smallest absolute Gasteiger partial charge is 0.185 e. The highest BCUT2D eigenvalue weighted by Crippen LogP contribution is 2.18. The summed E-state index contributed by atoms with van der Waals surface area (Å²) >= 11 is 0. The van der Waals surface area contributed by atoms with Crippen molar-refractivity contribution in [1.82, 2.24) is 9.71 Å². The van der Waals surface area contributed by atoms with E-state index in [2.05, 4.69) is 17.7 Å². The third-order valence-electron chi connectivity index (χ3n) is 3.84. The second-order valence-electron chi connectivity index (χ2n) is 5.23. The third-order valence-corrected chi connectivity index (χ3v) is 3.84. The van der Waals surface area contributed by atoms with Crippen molar-refractivity contribution in [2.24, 2.45) is 11.7 Å². The lowest BCUT2D eigenvalue weighted by Crippen LogP contribution is -2.48. The molecule has 0 aliphatic carbocycles. The molecule has 5 heteroatoms. The van der Waals surface area contributed by atoms with E-state index >= 15 is 0 Å². The Hall–Kier alpha value is -0.0951. The van der Waals surface area contributed by atoms with E-state index in [1.807, 2.05) is 0 Å². The largest absolute Gasteiger partial charge is 0.374 e. The first kappa shape index (κ1) is 12.4. The van der Waals surface area contributed by atoms with Crippen molar-refractivity contribution in [1.29, 1.82) is 0 Å². The van der Waals surface area contributed by atoms with Gasteiger partial charge in [0.05, 0.1) is 12.7 Å². The van der Waals surface area contributed by atoms with Crippen LogP contribution in [0.3, 0.4) is 0 Å². The van der Waals surface area contributed by atoms with Crippen LogP contribution in [0.2, 0.25) is 0 Å². The topological polar surface area (TPSA) is 41.7 Å². The first-order valence-corrected chi connectivity index (χ1v) is 6.50. The van der Waals surface area contributed by atoms with E-state index in [1.54, 1.807) is 0 Å². The highest BCUT2D eigenvalue weighted by atomic mass is 16.5. The quantitative estimate of drug-likeness (QED) is 0.619. The molecule has 0 bridgehead atoms. The molecule has 2 aliphatic heterocycles. The zero-order valence-electron chi connectivity index (χ0n) is 10.4. The Morgan fingerprint density at radius 1 is 1.25 bits per heavy atom. The van der Waals surface area contributed by atoms with Crippen molar-refractivity contribution >= 4 is 7.98 Å². The van der Waals surface area contributed by atoms with Gasteiger partial charge in [-0.2, -0.15) is 0 Å². The summed E-state index contributed by atoms with van der Waals surface area (Å²) in [6.45, 7) is 7.39. The molecule has 1 unspecified atom stereocenters. The minimum atomic E-state index is 0.264. The number of rotatable bonds is 3. The molecule has 4 nitrogen and oxygen atoms in total. The van der Waals surface area contributed by atoms with Gasteiger partial charge in [0.2, 0.25) is 0 Å². The van der Waals surface area contributed by atoms with Crippen LogP contribution >= 0.6 is 0 Å². The van der Waals surface area contributed by atoms with Crippen LogP contribution < -0.4 is 5.73 Å². The Morgan fingerprint density at radius 2 is 2.00 bits per heavy atom. The van der Waals surface area contributed by atoms with Crippen LogP contribution in [0.1, 0.15) is 12.8 Å². The Kier molecular flexibility index (Phi) is 4.64. The number of hydrogen-bond acceptors (Lipinski definition) is 4. The summed E-state index contributed by atoms with van der Waals surface area (Å²) in [7, 11) is 2.22. The fourth-order valence-corrected chi connectivity index (χ4v) is 2.70. The van der Waals surface area contributed by atoms with Crippen molar-refractivity contribution in [2.45, 2.75) is 18.9 Å². The predicted octanol–water partition coefficient (Wildman–Crippen LogP) is -1.09. The molecule has 2 saturated heterocycles. The lowest BCUT2D eigenvalue weighted by atomic mass is 9.94. The highest BCUT2D eigenvalue weighted by Gasteiger charge is 2.23. The maximum absolute atomic E-state index is 5.66. The molecule has 92 valence electrons. The predicted molar refractivity (Wildman–Crippen MR) is 68.1 cm³/mol. The molecule has 0 aromatic rings. The standard InChI is InChI=1S/C11H24BN3O/c12-15-3-1-10(2-4-15)8-14-5-6-16-11(7-13)9-14/h10-11H,1-9,12-13H2. The molecule has 2 aliphatic rings. The summed E-state index contributed by atoms with van der Waals surface area (Å²) in [6, 6.07) is 0. The van der Waals surface area contributed by atoms with Gasteiger partial charge in [0.15, 0.2) is 7.98 Å². The molecule has 2 heterocycles. The molecule has 0 saturated carbocycles. The number of ether oxygens (including phenoxy) is 1. The molecule has 16 heavy (non-hydrogen) atoms. The van der Waals surface area contributed by atoms with Crippen LogP contribution in [-0.4, -0.2) is 69.7 Å².